The van der Waals surface area contributed by atoms with Crippen LogP contribution in [0.4, 0.5) is 5.69 Å². The fourth-order valence-electron chi connectivity index (χ4n) is 3.95. The third-order valence-corrected chi connectivity index (χ3v) is 5.17. The average Bonchev–Trinajstić information content (AvgIpc) is 2.71. The molecule has 2 aliphatic rings. The lowest BCUT2D eigenvalue weighted by Gasteiger charge is -2.36. The predicted octanol–water partition coefficient (Wildman–Crippen LogP) is 3.33. The van der Waals surface area contributed by atoms with Crippen molar-refractivity contribution in [3.8, 4) is 5.75 Å². The summed E-state index contributed by atoms with van der Waals surface area (Å²) >= 11 is 0. The molecule has 1 saturated heterocycles. The van der Waals surface area contributed by atoms with E-state index < -0.39 is 0 Å². The van der Waals surface area contributed by atoms with Gasteiger partial charge >= 0.3 is 0 Å². The van der Waals surface area contributed by atoms with E-state index in [1.54, 1.807) is 37.4 Å². The summed E-state index contributed by atoms with van der Waals surface area (Å²) in [6, 6.07) is 14.2. The monoisotopic (exact) mass is 392 g/mol. The minimum Gasteiger partial charge on any atom is -0.497 e. The number of amides is 2. The molecule has 0 spiro atoms. The van der Waals surface area contributed by atoms with Crippen LogP contribution in [0.3, 0.4) is 0 Å². The van der Waals surface area contributed by atoms with Crippen molar-refractivity contribution in [3.63, 3.8) is 0 Å². The molecule has 4 rings (SSSR count). The third kappa shape index (κ3) is 3.63. The van der Waals surface area contributed by atoms with Crippen molar-refractivity contribution < 1.29 is 19.1 Å². The molecule has 0 unspecified atom stereocenters. The molecule has 2 atom stereocenters. The Labute approximate surface area is 170 Å². The van der Waals surface area contributed by atoms with Gasteiger partial charge in [-0.3, -0.25) is 9.59 Å². The first-order valence-electron chi connectivity index (χ1n) is 9.71. The molecule has 0 aromatic heterocycles. The summed E-state index contributed by atoms with van der Waals surface area (Å²) in [4.78, 5) is 29.9. The molecule has 2 aromatic rings. The summed E-state index contributed by atoms with van der Waals surface area (Å²) in [6.45, 7) is 5.43. The summed E-state index contributed by atoms with van der Waals surface area (Å²) < 4.78 is 11.0. The lowest BCUT2D eigenvalue weighted by atomic mass is 9.93. The van der Waals surface area contributed by atoms with Crippen molar-refractivity contribution in [1.29, 1.82) is 0 Å². The zero-order chi connectivity index (χ0) is 20.5. The van der Waals surface area contributed by atoms with Crippen LogP contribution < -0.4 is 9.64 Å². The van der Waals surface area contributed by atoms with Crippen molar-refractivity contribution in [3.05, 3.63) is 65.9 Å². The van der Waals surface area contributed by atoms with E-state index in [0.29, 0.717) is 41.2 Å². The number of methoxy groups -OCH3 is 1. The number of ether oxygens (including phenoxy) is 2. The molecule has 2 heterocycles. The van der Waals surface area contributed by atoms with Crippen molar-refractivity contribution in [2.24, 2.45) is 0 Å². The van der Waals surface area contributed by atoms with Gasteiger partial charge in [0, 0.05) is 30.4 Å². The van der Waals surface area contributed by atoms with Gasteiger partial charge in [-0.25, -0.2) is 4.90 Å². The van der Waals surface area contributed by atoms with Gasteiger partial charge in [-0.1, -0.05) is 18.2 Å². The van der Waals surface area contributed by atoms with Gasteiger partial charge < -0.3 is 14.4 Å². The van der Waals surface area contributed by atoms with Gasteiger partial charge in [-0.2, -0.15) is 0 Å². The minimum absolute atomic E-state index is 0.0730. The molecular weight excluding hydrogens is 368 g/mol. The van der Waals surface area contributed by atoms with Gasteiger partial charge in [-0.05, 0) is 44.2 Å². The number of anilines is 1. The maximum Gasteiger partial charge on any atom is 0.267 e. The molecule has 150 valence electrons. The molecule has 2 aliphatic heterocycles. The largest absolute Gasteiger partial charge is 0.497 e. The van der Waals surface area contributed by atoms with Gasteiger partial charge in [0.25, 0.3) is 11.8 Å². The number of carbonyl (C=O) groups is 2. The van der Waals surface area contributed by atoms with E-state index in [0.717, 1.165) is 0 Å². The van der Waals surface area contributed by atoms with Crippen LogP contribution in [0.5, 0.6) is 5.75 Å². The molecule has 2 aromatic carbocycles. The van der Waals surface area contributed by atoms with Crippen LogP contribution in [0.1, 0.15) is 29.8 Å². The van der Waals surface area contributed by atoms with Crippen molar-refractivity contribution in [1.82, 2.24) is 4.90 Å². The fourth-order valence-corrected chi connectivity index (χ4v) is 3.95. The Kier molecular flexibility index (Phi) is 5.11. The van der Waals surface area contributed by atoms with Crippen molar-refractivity contribution in [2.45, 2.75) is 26.1 Å². The van der Waals surface area contributed by atoms with Crippen LogP contribution in [0.2, 0.25) is 0 Å². The Bertz CT molecular complexity index is 957. The van der Waals surface area contributed by atoms with Gasteiger partial charge in [-0.15, -0.1) is 0 Å². The van der Waals surface area contributed by atoms with Crippen molar-refractivity contribution >= 4 is 23.1 Å². The summed E-state index contributed by atoms with van der Waals surface area (Å²) in [7, 11) is 1.58. The number of nitrogens with zero attached hydrogens (tertiary/aromatic N) is 2. The lowest BCUT2D eigenvalue weighted by Crippen LogP contribution is -2.45. The first-order valence-corrected chi connectivity index (χ1v) is 9.71. The number of imide groups is 1. The maximum atomic E-state index is 13.4. The normalized spacial score (nSPS) is 23.3. The standard InChI is InChI=1S/C23H24N2O4/c1-15-12-24(13-16(2)29-15)14-21-19-6-4-5-7-20(19)22(26)25(23(21)27)17-8-10-18(28-3)11-9-17/h4-11,14-16H,12-13H2,1-3H3/b21-14-/t15-,16-/m0/s1. The van der Waals surface area contributed by atoms with Gasteiger partial charge in [0.1, 0.15) is 5.75 Å². The highest BCUT2D eigenvalue weighted by Gasteiger charge is 2.36. The summed E-state index contributed by atoms with van der Waals surface area (Å²) in [5.74, 6) is 0.0143. The summed E-state index contributed by atoms with van der Waals surface area (Å²) in [5.41, 5.74) is 2.21. The highest BCUT2D eigenvalue weighted by molar-refractivity contribution is 6.41. The highest BCUT2D eigenvalue weighted by Crippen LogP contribution is 2.33. The number of morpholine rings is 1. The Morgan fingerprint density at radius 2 is 1.55 bits per heavy atom. The zero-order valence-electron chi connectivity index (χ0n) is 16.8. The summed E-state index contributed by atoms with van der Waals surface area (Å²) in [6.07, 6.45) is 2.02. The van der Waals surface area contributed by atoms with E-state index in [9.17, 15) is 9.59 Å². The Morgan fingerprint density at radius 1 is 0.931 bits per heavy atom. The number of rotatable bonds is 3. The second-order valence-corrected chi connectivity index (χ2v) is 7.44. The highest BCUT2D eigenvalue weighted by atomic mass is 16.5. The second-order valence-electron chi connectivity index (χ2n) is 7.44. The fraction of sp³-hybridized carbons (Fsp3) is 0.304. The number of fused-ring (bicyclic) bond motifs is 1. The smallest absolute Gasteiger partial charge is 0.267 e. The maximum absolute atomic E-state index is 13.4. The van der Waals surface area contributed by atoms with Crippen molar-refractivity contribution in [2.75, 3.05) is 25.1 Å². The SMILES string of the molecule is COc1ccc(N2C(=O)/C(=C\N3C[C@H](C)O[C@@H](C)C3)c3ccccc3C2=O)cc1. The number of benzene rings is 2. The van der Waals surface area contributed by atoms with E-state index in [1.807, 2.05) is 38.2 Å². The van der Waals surface area contributed by atoms with E-state index in [1.165, 1.54) is 4.90 Å². The molecule has 0 radical (unpaired) electrons. The number of carbonyl (C=O) groups excluding carboxylic acids is 2. The zero-order valence-corrected chi connectivity index (χ0v) is 16.8. The summed E-state index contributed by atoms with van der Waals surface area (Å²) in [5, 5.41) is 0. The van der Waals surface area contributed by atoms with E-state index in [4.69, 9.17) is 9.47 Å². The Morgan fingerprint density at radius 3 is 2.17 bits per heavy atom. The molecule has 0 bridgehead atoms. The molecule has 6 nitrogen and oxygen atoms in total. The second kappa shape index (κ2) is 7.72. The first-order chi connectivity index (χ1) is 14.0. The van der Waals surface area contributed by atoms with Crippen LogP contribution in [0, 0.1) is 0 Å². The van der Waals surface area contributed by atoms with Crippen LogP contribution in [0.25, 0.3) is 5.57 Å². The van der Waals surface area contributed by atoms with E-state index in [-0.39, 0.29) is 24.0 Å². The van der Waals surface area contributed by atoms with Gasteiger partial charge in [0.2, 0.25) is 0 Å². The van der Waals surface area contributed by atoms with Gasteiger partial charge in [0.15, 0.2) is 0 Å². The van der Waals surface area contributed by atoms with Crippen LogP contribution in [0.15, 0.2) is 54.7 Å². The molecule has 2 amide bonds. The molecule has 0 N–H and O–H groups in total. The molecule has 6 heteroatoms. The molecule has 1 fully saturated rings. The Balaban J connectivity index is 1.77. The number of hydrogen-bond acceptors (Lipinski definition) is 5. The average molecular weight is 392 g/mol. The quantitative estimate of drug-likeness (QED) is 0.592. The lowest BCUT2D eigenvalue weighted by molar-refractivity contribution is -0.113. The van der Waals surface area contributed by atoms with Crippen LogP contribution >= 0.6 is 0 Å². The first kappa shape index (κ1) is 19.2. The van der Waals surface area contributed by atoms with E-state index in [2.05, 4.69) is 4.90 Å². The molecular formula is C23H24N2O4. The van der Waals surface area contributed by atoms with E-state index >= 15 is 0 Å². The number of hydrogen-bond donors (Lipinski definition) is 0. The van der Waals surface area contributed by atoms with Crippen LogP contribution in [-0.4, -0.2) is 49.1 Å². The van der Waals surface area contributed by atoms with Crippen LogP contribution in [-0.2, 0) is 9.53 Å². The minimum atomic E-state index is -0.328. The van der Waals surface area contributed by atoms with Gasteiger partial charge in [0.05, 0.1) is 30.6 Å². The molecule has 0 aliphatic carbocycles. The topological polar surface area (TPSA) is 59.1 Å². The predicted molar refractivity (Wildman–Crippen MR) is 111 cm³/mol. The Hall–Kier alpha value is -3.12. The molecule has 29 heavy (non-hydrogen) atoms. The third-order valence-electron chi connectivity index (χ3n) is 5.17. The molecule has 0 saturated carbocycles.